The number of H-pyrrole nitrogens is 1. The van der Waals surface area contributed by atoms with Gasteiger partial charge in [-0.25, -0.2) is 4.98 Å². The molecule has 2 aromatic rings. The summed E-state index contributed by atoms with van der Waals surface area (Å²) in [6.45, 7) is 8.69. The molecule has 1 aromatic carbocycles. The van der Waals surface area contributed by atoms with Crippen LogP contribution in [0.5, 0.6) is 0 Å². The van der Waals surface area contributed by atoms with E-state index >= 15 is 0 Å². The van der Waals surface area contributed by atoms with Crippen molar-refractivity contribution in [3.63, 3.8) is 0 Å². The first-order valence-corrected chi connectivity index (χ1v) is 6.80. The fourth-order valence-corrected chi connectivity index (χ4v) is 2.62. The molecule has 0 saturated heterocycles. The van der Waals surface area contributed by atoms with Crippen LogP contribution >= 0.6 is 0 Å². The standard InChI is InChI=1S/C16H22N2/c1-5-7-14-11(3)8-9-15(13(14)6-2)16-10-17-12(4)18-16/h8-10H,5-7H2,1-4H3,(H,17,18). The highest BCUT2D eigenvalue weighted by Gasteiger charge is 2.12. The number of imidazole rings is 1. The normalized spacial score (nSPS) is 10.9. The third kappa shape index (κ3) is 2.33. The molecule has 0 fully saturated rings. The highest BCUT2D eigenvalue weighted by molar-refractivity contribution is 5.66. The van der Waals surface area contributed by atoms with Crippen LogP contribution in [0, 0.1) is 13.8 Å². The number of aromatic amines is 1. The van der Waals surface area contributed by atoms with Gasteiger partial charge in [0.25, 0.3) is 0 Å². The Hall–Kier alpha value is -1.57. The third-order valence-corrected chi connectivity index (χ3v) is 3.51. The number of nitrogens with one attached hydrogen (secondary N) is 1. The van der Waals surface area contributed by atoms with Gasteiger partial charge in [-0.1, -0.05) is 32.4 Å². The molecule has 0 amide bonds. The molecule has 0 saturated carbocycles. The molecule has 0 unspecified atom stereocenters. The predicted octanol–water partition coefficient (Wildman–Crippen LogP) is 4.21. The molecule has 1 heterocycles. The number of aryl methyl sites for hydroxylation is 2. The largest absolute Gasteiger partial charge is 0.342 e. The average molecular weight is 242 g/mol. The molecule has 1 aromatic heterocycles. The van der Waals surface area contributed by atoms with Gasteiger partial charge in [-0.2, -0.15) is 0 Å². The van der Waals surface area contributed by atoms with Crippen LogP contribution < -0.4 is 0 Å². The van der Waals surface area contributed by atoms with E-state index in [2.05, 4.69) is 42.9 Å². The van der Waals surface area contributed by atoms with E-state index in [0.29, 0.717) is 0 Å². The summed E-state index contributed by atoms with van der Waals surface area (Å²) in [6, 6.07) is 4.45. The van der Waals surface area contributed by atoms with Gasteiger partial charge in [-0.05, 0) is 43.4 Å². The predicted molar refractivity (Wildman–Crippen MR) is 76.9 cm³/mol. The molecule has 0 radical (unpaired) electrons. The van der Waals surface area contributed by atoms with Gasteiger partial charge in [0.1, 0.15) is 5.82 Å². The monoisotopic (exact) mass is 242 g/mol. The van der Waals surface area contributed by atoms with Crippen molar-refractivity contribution in [1.82, 2.24) is 9.97 Å². The highest BCUT2D eigenvalue weighted by atomic mass is 14.9. The van der Waals surface area contributed by atoms with Crippen LogP contribution in [0.1, 0.15) is 42.8 Å². The first-order chi connectivity index (χ1) is 8.67. The van der Waals surface area contributed by atoms with Crippen molar-refractivity contribution in [3.8, 4) is 11.3 Å². The van der Waals surface area contributed by atoms with Gasteiger partial charge in [-0.3, -0.25) is 0 Å². The third-order valence-electron chi connectivity index (χ3n) is 3.51. The van der Waals surface area contributed by atoms with Crippen molar-refractivity contribution in [2.24, 2.45) is 0 Å². The van der Waals surface area contributed by atoms with E-state index in [1.54, 1.807) is 0 Å². The van der Waals surface area contributed by atoms with E-state index in [9.17, 15) is 0 Å². The maximum atomic E-state index is 4.31. The van der Waals surface area contributed by atoms with Gasteiger partial charge in [0.2, 0.25) is 0 Å². The minimum absolute atomic E-state index is 0.977. The number of hydrogen-bond acceptors (Lipinski definition) is 1. The fourth-order valence-electron chi connectivity index (χ4n) is 2.62. The van der Waals surface area contributed by atoms with Crippen LogP contribution in [0.15, 0.2) is 18.3 Å². The summed E-state index contributed by atoms with van der Waals surface area (Å²) in [5.41, 5.74) is 6.85. The first-order valence-electron chi connectivity index (χ1n) is 6.80. The molecule has 0 atom stereocenters. The number of benzene rings is 1. The van der Waals surface area contributed by atoms with Gasteiger partial charge >= 0.3 is 0 Å². The Morgan fingerprint density at radius 1 is 1.11 bits per heavy atom. The van der Waals surface area contributed by atoms with E-state index in [1.807, 2.05) is 13.1 Å². The van der Waals surface area contributed by atoms with Crippen LogP contribution in [-0.4, -0.2) is 9.97 Å². The fraction of sp³-hybridized carbons (Fsp3) is 0.438. The van der Waals surface area contributed by atoms with E-state index < -0.39 is 0 Å². The summed E-state index contributed by atoms with van der Waals surface area (Å²) < 4.78 is 0. The second kappa shape index (κ2) is 5.38. The van der Waals surface area contributed by atoms with E-state index in [4.69, 9.17) is 0 Å². The molecular formula is C16H22N2. The van der Waals surface area contributed by atoms with Crippen molar-refractivity contribution >= 4 is 0 Å². The second-order valence-corrected chi connectivity index (χ2v) is 4.87. The molecule has 0 spiro atoms. The number of rotatable bonds is 4. The summed E-state index contributed by atoms with van der Waals surface area (Å²) in [5, 5.41) is 0. The summed E-state index contributed by atoms with van der Waals surface area (Å²) in [7, 11) is 0. The Morgan fingerprint density at radius 2 is 1.89 bits per heavy atom. The van der Waals surface area contributed by atoms with Crippen molar-refractivity contribution in [1.29, 1.82) is 0 Å². The minimum Gasteiger partial charge on any atom is -0.342 e. The molecule has 0 aliphatic heterocycles. The minimum atomic E-state index is 0.977. The zero-order valence-electron chi connectivity index (χ0n) is 11.8. The highest BCUT2D eigenvalue weighted by Crippen LogP contribution is 2.28. The molecule has 2 nitrogen and oxygen atoms in total. The quantitative estimate of drug-likeness (QED) is 0.855. The summed E-state index contributed by atoms with van der Waals surface area (Å²) in [6.07, 6.45) is 5.37. The van der Waals surface area contributed by atoms with Crippen molar-refractivity contribution < 1.29 is 0 Å². The Bertz CT molecular complexity index is 538. The molecule has 0 aliphatic carbocycles. The molecule has 96 valence electrons. The van der Waals surface area contributed by atoms with Crippen molar-refractivity contribution in [2.45, 2.75) is 47.0 Å². The molecular weight excluding hydrogens is 220 g/mol. The Balaban J connectivity index is 2.57. The molecule has 2 heteroatoms. The summed E-state index contributed by atoms with van der Waals surface area (Å²) in [4.78, 5) is 7.66. The Kier molecular flexibility index (Phi) is 3.85. The molecule has 2 rings (SSSR count). The topological polar surface area (TPSA) is 28.7 Å². The van der Waals surface area contributed by atoms with Gasteiger partial charge in [-0.15, -0.1) is 0 Å². The van der Waals surface area contributed by atoms with Crippen LogP contribution in [-0.2, 0) is 12.8 Å². The van der Waals surface area contributed by atoms with Gasteiger partial charge in [0.15, 0.2) is 0 Å². The van der Waals surface area contributed by atoms with Gasteiger partial charge in [0.05, 0.1) is 11.9 Å². The van der Waals surface area contributed by atoms with E-state index in [1.165, 1.54) is 28.7 Å². The maximum absolute atomic E-state index is 4.31. The molecule has 1 N–H and O–H groups in total. The Morgan fingerprint density at radius 3 is 2.44 bits per heavy atom. The smallest absolute Gasteiger partial charge is 0.103 e. The van der Waals surface area contributed by atoms with Crippen molar-refractivity contribution in [2.75, 3.05) is 0 Å². The van der Waals surface area contributed by atoms with Crippen LogP contribution in [0.2, 0.25) is 0 Å². The zero-order chi connectivity index (χ0) is 13.1. The second-order valence-electron chi connectivity index (χ2n) is 4.87. The van der Waals surface area contributed by atoms with Crippen LogP contribution in [0.4, 0.5) is 0 Å². The summed E-state index contributed by atoms with van der Waals surface area (Å²) in [5.74, 6) is 0.977. The molecule has 18 heavy (non-hydrogen) atoms. The van der Waals surface area contributed by atoms with Gasteiger partial charge in [0, 0.05) is 5.56 Å². The van der Waals surface area contributed by atoms with E-state index in [-0.39, 0.29) is 0 Å². The summed E-state index contributed by atoms with van der Waals surface area (Å²) >= 11 is 0. The van der Waals surface area contributed by atoms with Gasteiger partial charge < -0.3 is 4.98 Å². The number of aromatic nitrogens is 2. The average Bonchev–Trinajstić information content (AvgIpc) is 2.78. The number of nitrogens with zero attached hydrogens (tertiary/aromatic N) is 1. The first kappa shape index (κ1) is 12.9. The van der Waals surface area contributed by atoms with Crippen molar-refractivity contribution in [3.05, 3.63) is 40.8 Å². The lowest BCUT2D eigenvalue weighted by Crippen LogP contribution is -1.99. The van der Waals surface area contributed by atoms with E-state index in [0.717, 1.165) is 24.4 Å². The number of hydrogen-bond donors (Lipinski definition) is 1. The zero-order valence-corrected chi connectivity index (χ0v) is 11.8. The molecule has 0 aliphatic rings. The van der Waals surface area contributed by atoms with Crippen LogP contribution in [0.3, 0.4) is 0 Å². The Labute approximate surface area is 109 Å². The lowest BCUT2D eigenvalue weighted by Gasteiger charge is -2.15. The lowest BCUT2D eigenvalue weighted by atomic mass is 9.91. The SMILES string of the molecule is CCCc1c(C)ccc(-c2cnc(C)[nH]2)c1CC. The molecule has 0 bridgehead atoms. The lowest BCUT2D eigenvalue weighted by molar-refractivity contribution is 0.890. The maximum Gasteiger partial charge on any atom is 0.103 e. The van der Waals surface area contributed by atoms with Crippen LogP contribution in [0.25, 0.3) is 11.3 Å².